The number of hydrogen-bond donors (Lipinski definition) is 1. The first-order valence-electron chi connectivity index (χ1n) is 5.16. The molecule has 6 heteroatoms. The van der Waals surface area contributed by atoms with E-state index in [9.17, 15) is 14.4 Å². The highest BCUT2D eigenvalue weighted by Gasteiger charge is 2.39. The minimum atomic E-state index is -0.707. The molecule has 6 nitrogen and oxygen atoms in total. The second-order valence-corrected chi connectivity index (χ2v) is 3.85. The van der Waals surface area contributed by atoms with E-state index in [-0.39, 0.29) is 17.2 Å². The van der Waals surface area contributed by atoms with Crippen LogP contribution in [0, 0.1) is 5.92 Å². The summed E-state index contributed by atoms with van der Waals surface area (Å²) < 4.78 is 9.55. The number of ether oxygens (including phenoxy) is 2. The fourth-order valence-electron chi connectivity index (χ4n) is 1.70. The molecule has 17 heavy (non-hydrogen) atoms. The Morgan fingerprint density at radius 1 is 1.41 bits per heavy atom. The van der Waals surface area contributed by atoms with Crippen molar-refractivity contribution in [3.05, 3.63) is 11.3 Å². The quantitative estimate of drug-likeness (QED) is 0.695. The van der Waals surface area contributed by atoms with Crippen LogP contribution < -0.4 is 5.32 Å². The summed E-state index contributed by atoms with van der Waals surface area (Å²) in [5.74, 6) is -1.88. The van der Waals surface area contributed by atoms with Crippen LogP contribution in [0.1, 0.15) is 20.8 Å². The Hall–Kier alpha value is -1.85. The monoisotopic (exact) mass is 241 g/mol. The molecule has 1 rings (SSSR count). The Morgan fingerprint density at radius 2 is 2.00 bits per heavy atom. The minimum Gasteiger partial charge on any atom is -0.466 e. The zero-order chi connectivity index (χ0) is 13.2. The molecule has 1 aliphatic heterocycles. The molecule has 0 bridgehead atoms. The van der Waals surface area contributed by atoms with E-state index in [0.717, 1.165) is 0 Å². The van der Waals surface area contributed by atoms with Crippen molar-refractivity contribution in [1.29, 1.82) is 0 Å². The van der Waals surface area contributed by atoms with Gasteiger partial charge in [-0.1, -0.05) is 0 Å². The number of amides is 1. The number of esters is 2. The second-order valence-electron chi connectivity index (χ2n) is 3.85. The summed E-state index contributed by atoms with van der Waals surface area (Å²) >= 11 is 0. The van der Waals surface area contributed by atoms with Gasteiger partial charge < -0.3 is 14.8 Å². The number of nitrogens with one attached hydrogen (secondary N) is 1. The van der Waals surface area contributed by atoms with E-state index in [4.69, 9.17) is 4.74 Å². The van der Waals surface area contributed by atoms with Crippen LogP contribution in [0.25, 0.3) is 0 Å². The van der Waals surface area contributed by atoms with Crippen LogP contribution in [0.5, 0.6) is 0 Å². The summed E-state index contributed by atoms with van der Waals surface area (Å²) in [6.45, 7) is 4.39. The first kappa shape index (κ1) is 13.2. The first-order valence-corrected chi connectivity index (χ1v) is 5.16. The van der Waals surface area contributed by atoms with Gasteiger partial charge in [0, 0.05) is 6.92 Å². The Bertz CT molecular complexity index is 399. The number of rotatable bonds is 2. The summed E-state index contributed by atoms with van der Waals surface area (Å²) in [5, 5.41) is 2.56. The maximum Gasteiger partial charge on any atom is 0.339 e. The molecule has 1 aliphatic rings. The molecule has 0 aromatic rings. The first-order chi connectivity index (χ1) is 7.88. The van der Waals surface area contributed by atoms with Gasteiger partial charge in [-0.3, -0.25) is 9.59 Å². The third kappa shape index (κ3) is 2.64. The van der Waals surface area contributed by atoms with Gasteiger partial charge in [-0.15, -0.1) is 0 Å². The third-order valence-corrected chi connectivity index (χ3v) is 2.58. The third-order valence-electron chi connectivity index (χ3n) is 2.58. The largest absolute Gasteiger partial charge is 0.466 e. The lowest BCUT2D eigenvalue weighted by molar-refractivity contribution is -0.148. The van der Waals surface area contributed by atoms with E-state index in [1.54, 1.807) is 6.92 Å². The molecule has 2 atom stereocenters. The standard InChI is InChI=1S/C11H15NO5/c1-5-9(12-7(3)13)8(11(15)16-4)6(2)17-10(5)14/h5,9H,1-4H3,(H,12,13)/t5-,9-/m1/s1. The van der Waals surface area contributed by atoms with Gasteiger partial charge in [-0.25, -0.2) is 4.79 Å². The van der Waals surface area contributed by atoms with Crippen molar-refractivity contribution in [3.63, 3.8) is 0 Å². The van der Waals surface area contributed by atoms with Gasteiger partial charge in [0.15, 0.2) is 0 Å². The van der Waals surface area contributed by atoms with Crippen molar-refractivity contribution in [1.82, 2.24) is 5.32 Å². The van der Waals surface area contributed by atoms with Crippen LogP contribution in [0.4, 0.5) is 0 Å². The van der Waals surface area contributed by atoms with Crippen LogP contribution in [-0.2, 0) is 23.9 Å². The summed E-state index contributed by atoms with van der Waals surface area (Å²) in [5.41, 5.74) is 0.176. The van der Waals surface area contributed by atoms with Gasteiger partial charge >= 0.3 is 11.9 Å². The van der Waals surface area contributed by atoms with Crippen LogP contribution in [-0.4, -0.2) is 31.0 Å². The second kappa shape index (κ2) is 4.99. The molecule has 0 aliphatic carbocycles. The predicted octanol–water partition coefficient (Wildman–Crippen LogP) is 0.131. The smallest absolute Gasteiger partial charge is 0.339 e. The van der Waals surface area contributed by atoms with Gasteiger partial charge in [0.05, 0.1) is 24.6 Å². The highest BCUT2D eigenvalue weighted by molar-refractivity contribution is 5.95. The Kier molecular flexibility index (Phi) is 3.88. The van der Waals surface area contributed by atoms with Crippen molar-refractivity contribution in [2.24, 2.45) is 5.92 Å². The molecule has 1 N–H and O–H groups in total. The van der Waals surface area contributed by atoms with Crippen molar-refractivity contribution < 1.29 is 23.9 Å². The van der Waals surface area contributed by atoms with Crippen LogP contribution in [0.2, 0.25) is 0 Å². The highest BCUT2D eigenvalue weighted by Crippen LogP contribution is 2.26. The van der Waals surface area contributed by atoms with Gasteiger partial charge in [0.25, 0.3) is 0 Å². The van der Waals surface area contributed by atoms with Crippen LogP contribution in [0.3, 0.4) is 0 Å². The van der Waals surface area contributed by atoms with Crippen molar-refractivity contribution in [3.8, 4) is 0 Å². The molecule has 0 radical (unpaired) electrons. The number of hydrogen-bond acceptors (Lipinski definition) is 5. The molecule has 0 fully saturated rings. The number of carbonyl (C=O) groups excluding carboxylic acids is 3. The zero-order valence-electron chi connectivity index (χ0n) is 10.2. The van der Waals surface area contributed by atoms with Crippen molar-refractivity contribution >= 4 is 17.8 Å². The summed E-state index contributed by atoms with van der Waals surface area (Å²) in [6.07, 6.45) is 0. The van der Waals surface area contributed by atoms with Crippen LogP contribution >= 0.6 is 0 Å². The number of methoxy groups -OCH3 is 1. The fourth-order valence-corrected chi connectivity index (χ4v) is 1.70. The molecular formula is C11H15NO5. The maximum atomic E-state index is 11.6. The number of allylic oxidation sites excluding steroid dienone is 1. The molecule has 0 unspecified atom stereocenters. The van der Waals surface area contributed by atoms with E-state index in [0.29, 0.717) is 0 Å². The Balaban J connectivity index is 3.16. The van der Waals surface area contributed by atoms with Gasteiger partial charge in [0.2, 0.25) is 5.91 Å². The normalized spacial score (nSPS) is 24.1. The molecule has 0 spiro atoms. The topological polar surface area (TPSA) is 81.7 Å². The van der Waals surface area contributed by atoms with Gasteiger partial charge in [-0.05, 0) is 13.8 Å². The van der Waals surface area contributed by atoms with E-state index in [2.05, 4.69) is 10.1 Å². The lowest BCUT2D eigenvalue weighted by atomic mass is 9.91. The van der Waals surface area contributed by atoms with E-state index in [1.807, 2.05) is 0 Å². The average molecular weight is 241 g/mol. The number of carbonyl (C=O) groups is 3. The molecule has 1 heterocycles. The van der Waals surface area contributed by atoms with E-state index < -0.39 is 23.9 Å². The molecule has 1 amide bonds. The zero-order valence-corrected chi connectivity index (χ0v) is 10.2. The predicted molar refractivity (Wildman–Crippen MR) is 57.6 cm³/mol. The van der Waals surface area contributed by atoms with E-state index in [1.165, 1.54) is 21.0 Å². The van der Waals surface area contributed by atoms with Crippen molar-refractivity contribution in [2.75, 3.05) is 7.11 Å². The lowest BCUT2D eigenvalue weighted by Gasteiger charge is -2.30. The lowest BCUT2D eigenvalue weighted by Crippen LogP contribution is -2.48. The molecular weight excluding hydrogens is 226 g/mol. The van der Waals surface area contributed by atoms with Gasteiger partial charge in [-0.2, -0.15) is 0 Å². The van der Waals surface area contributed by atoms with E-state index >= 15 is 0 Å². The molecule has 0 aromatic heterocycles. The molecule has 0 saturated heterocycles. The van der Waals surface area contributed by atoms with Crippen LogP contribution in [0.15, 0.2) is 11.3 Å². The number of cyclic esters (lactones) is 1. The Labute approximate surface area is 99.0 Å². The summed E-state index contributed by atoms with van der Waals surface area (Å²) in [6, 6.07) is -0.707. The van der Waals surface area contributed by atoms with Gasteiger partial charge in [0.1, 0.15) is 5.76 Å². The highest BCUT2D eigenvalue weighted by atomic mass is 16.5. The Morgan fingerprint density at radius 3 is 2.47 bits per heavy atom. The van der Waals surface area contributed by atoms with Crippen molar-refractivity contribution in [2.45, 2.75) is 26.8 Å². The summed E-state index contributed by atoms with van der Waals surface area (Å²) in [7, 11) is 1.23. The average Bonchev–Trinajstić information content (AvgIpc) is 2.24. The summed E-state index contributed by atoms with van der Waals surface area (Å²) in [4.78, 5) is 34.2. The fraction of sp³-hybridized carbons (Fsp3) is 0.545. The SMILES string of the molecule is COC(=O)C1=C(C)OC(=O)[C@H](C)[C@H]1NC(C)=O. The molecule has 94 valence electrons. The minimum absolute atomic E-state index is 0.165. The maximum absolute atomic E-state index is 11.6. The molecule has 0 saturated carbocycles. The molecule has 0 aromatic carbocycles.